The molecule has 1 unspecified atom stereocenters. The molecule has 20 heavy (non-hydrogen) atoms. The van der Waals surface area contributed by atoms with Crippen LogP contribution in [0.3, 0.4) is 0 Å². The van der Waals surface area contributed by atoms with Crippen molar-refractivity contribution in [2.24, 2.45) is 5.92 Å². The first-order valence-electron chi connectivity index (χ1n) is 7.71. The molecule has 0 aliphatic heterocycles. The van der Waals surface area contributed by atoms with Gasteiger partial charge in [-0.3, -0.25) is 0 Å². The molecule has 0 aliphatic rings. The van der Waals surface area contributed by atoms with Crippen molar-refractivity contribution in [3.8, 4) is 5.75 Å². The van der Waals surface area contributed by atoms with Gasteiger partial charge in [0.05, 0.1) is 6.61 Å². The number of thioether (sulfide) groups is 1. The lowest BCUT2D eigenvalue weighted by atomic mass is 10.1. The molecular formula is C17H29NOS. The maximum atomic E-state index is 5.78. The lowest BCUT2D eigenvalue weighted by molar-refractivity contribution is 0.332. The molecule has 0 heterocycles. The van der Waals surface area contributed by atoms with Crippen LogP contribution in [0.5, 0.6) is 5.75 Å². The topological polar surface area (TPSA) is 21.3 Å². The lowest BCUT2D eigenvalue weighted by Gasteiger charge is -2.22. The van der Waals surface area contributed by atoms with E-state index >= 15 is 0 Å². The monoisotopic (exact) mass is 295 g/mol. The highest BCUT2D eigenvalue weighted by Gasteiger charge is 2.15. The summed E-state index contributed by atoms with van der Waals surface area (Å²) < 4.78 is 5.78. The summed E-state index contributed by atoms with van der Waals surface area (Å²) in [4.78, 5) is 0. The Labute approximate surface area is 128 Å². The van der Waals surface area contributed by atoms with E-state index < -0.39 is 0 Å². The van der Waals surface area contributed by atoms with Gasteiger partial charge in [-0.1, -0.05) is 39.0 Å². The average molecular weight is 295 g/mol. The molecule has 1 rings (SSSR count). The molecule has 0 aromatic heterocycles. The Morgan fingerprint density at radius 1 is 1.15 bits per heavy atom. The Bertz CT molecular complexity index is 368. The van der Waals surface area contributed by atoms with Gasteiger partial charge in [-0.25, -0.2) is 0 Å². The summed E-state index contributed by atoms with van der Waals surface area (Å²) >= 11 is 2.02. The summed E-state index contributed by atoms with van der Waals surface area (Å²) in [7, 11) is 0. The van der Waals surface area contributed by atoms with Crippen molar-refractivity contribution >= 4 is 11.8 Å². The van der Waals surface area contributed by atoms with Crippen molar-refractivity contribution < 1.29 is 4.74 Å². The normalized spacial score (nSPS) is 12.7. The third kappa shape index (κ3) is 6.19. The molecule has 114 valence electrons. The van der Waals surface area contributed by atoms with Crippen LogP contribution in [0.2, 0.25) is 0 Å². The molecule has 1 atom stereocenters. The van der Waals surface area contributed by atoms with Crippen LogP contribution in [-0.4, -0.2) is 24.7 Å². The highest BCUT2D eigenvalue weighted by Crippen LogP contribution is 2.28. The van der Waals surface area contributed by atoms with Crippen molar-refractivity contribution in [1.82, 2.24) is 5.32 Å². The van der Waals surface area contributed by atoms with Gasteiger partial charge in [0, 0.05) is 17.4 Å². The Morgan fingerprint density at radius 2 is 1.90 bits per heavy atom. The van der Waals surface area contributed by atoms with Crippen molar-refractivity contribution in [3.05, 3.63) is 29.8 Å². The fourth-order valence-corrected chi connectivity index (χ4v) is 3.19. The summed E-state index contributed by atoms with van der Waals surface area (Å²) in [5.74, 6) is 4.08. The van der Waals surface area contributed by atoms with E-state index in [0.29, 0.717) is 6.04 Å². The molecular weight excluding hydrogens is 266 g/mol. The zero-order valence-corrected chi connectivity index (χ0v) is 14.1. The van der Waals surface area contributed by atoms with Crippen LogP contribution in [0.25, 0.3) is 0 Å². The van der Waals surface area contributed by atoms with Crippen LogP contribution in [0.1, 0.15) is 45.7 Å². The predicted molar refractivity (Wildman–Crippen MR) is 90.8 cm³/mol. The van der Waals surface area contributed by atoms with E-state index in [1.165, 1.54) is 11.3 Å². The average Bonchev–Trinajstić information content (AvgIpc) is 2.43. The second-order valence-corrected chi connectivity index (χ2v) is 6.48. The third-order valence-electron chi connectivity index (χ3n) is 2.97. The number of rotatable bonds is 10. The molecule has 0 aliphatic carbocycles. The van der Waals surface area contributed by atoms with Gasteiger partial charge in [0.2, 0.25) is 0 Å². The summed E-state index contributed by atoms with van der Waals surface area (Å²) in [5, 5.41) is 3.66. The highest BCUT2D eigenvalue weighted by atomic mass is 32.2. The fourth-order valence-electron chi connectivity index (χ4n) is 2.05. The van der Waals surface area contributed by atoms with Crippen LogP contribution in [0.15, 0.2) is 24.3 Å². The molecule has 2 nitrogen and oxygen atoms in total. The van der Waals surface area contributed by atoms with Gasteiger partial charge in [0.1, 0.15) is 5.75 Å². The summed E-state index contributed by atoms with van der Waals surface area (Å²) in [6.07, 6.45) is 1.15. The molecule has 0 saturated heterocycles. The maximum absolute atomic E-state index is 5.78. The molecule has 0 amide bonds. The zero-order chi connectivity index (χ0) is 14.8. The van der Waals surface area contributed by atoms with E-state index in [1.807, 2.05) is 24.8 Å². The van der Waals surface area contributed by atoms with Crippen molar-refractivity contribution in [2.45, 2.75) is 40.2 Å². The Morgan fingerprint density at radius 3 is 2.55 bits per heavy atom. The van der Waals surface area contributed by atoms with Crippen LogP contribution in [0, 0.1) is 5.92 Å². The largest absolute Gasteiger partial charge is 0.494 e. The molecule has 0 spiro atoms. The summed E-state index contributed by atoms with van der Waals surface area (Å²) in [5.41, 5.74) is 1.29. The number of benzene rings is 1. The molecule has 0 radical (unpaired) electrons. The van der Waals surface area contributed by atoms with Crippen LogP contribution < -0.4 is 10.1 Å². The van der Waals surface area contributed by atoms with E-state index in [9.17, 15) is 0 Å². The minimum absolute atomic E-state index is 0.376. The van der Waals surface area contributed by atoms with E-state index in [2.05, 4.69) is 44.3 Å². The second kappa shape index (κ2) is 10.1. The van der Waals surface area contributed by atoms with Crippen molar-refractivity contribution in [1.29, 1.82) is 0 Å². The number of para-hydroxylation sites is 1. The van der Waals surface area contributed by atoms with Gasteiger partial charge < -0.3 is 10.1 Å². The highest BCUT2D eigenvalue weighted by molar-refractivity contribution is 7.99. The number of ether oxygens (including phenoxy) is 1. The van der Waals surface area contributed by atoms with Gasteiger partial charge in [-0.05, 0) is 37.6 Å². The Balaban J connectivity index is 2.75. The molecule has 0 bridgehead atoms. The molecule has 0 saturated carbocycles. The van der Waals surface area contributed by atoms with Crippen LogP contribution in [0.4, 0.5) is 0 Å². The number of hydrogen-bond acceptors (Lipinski definition) is 3. The van der Waals surface area contributed by atoms with Gasteiger partial charge in [-0.2, -0.15) is 11.8 Å². The van der Waals surface area contributed by atoms with Gasteiger partial charge >= 0.3 is 0 Å². The van der Waals surface area contributed by atoms with E-state index in [4.69, 9.17) is 4.74 Å². The number of nitrogens with one attached hydrogen (secondary N) is 1. The SMILES string of the molecule is CCCNC(CSCC(C)C)c1ccccc1OCC. The van der Waals surface area contributed by atoms with Gasteiger partial charge in [-0.15, -0.1) is 0 Å². The minimum atomic E-state index is 0.376. The Kier molecular flexibility index (Phi) is 8.79. The minimum Gasteiger partial charge on any atom is -0.494 e. The molecule has 1 aromatic carbocycles. The quantitative estimate of drug-likeness (QED) is 0.686. The van der Waals surface area contributed by atoms with E-state index in [-0.39, 0.29) is 0 Å². The van der Waals surface area contributed by atoms with Gasteiger partial charge in [0.15, 0.2) is 0 Å². The van der Waals surface area contributed by atoms with Crippen molar-refractivity contribution in [3.63, 3.8) is 0 Å². The lowest BCUT2D eigenvalue weighted by Crippen LogP contribution is -2.25. The maximum Gasteiger partial charge on any atom is 0.124 e. The van der Waals surface area contributed by atoms with E-state index in [1.54, 1.807) is 0 Å². The van der Waals surface area contributed by atoms with Crippen molar-refractivity contribution in [2.75, 3.05) is 24.7 Å². The smallest absolute Gasteiger partial charge is 0.124 e. The molecule has 3 heteroatoms. The standard InChI is InChI=1S/C17H29NOS/c1-5-11-18-16(13-20-12-14(3)4)15-9-7-8-10-17(15)19-6-2/h7-10,14,16,18H,5-6,11-13H2,1-4H3. The molecule has 0 fully saturated rings. The summed E-state index contributed by atoms with van der Waals surface area (Å²) in [6, 6.07) is 8.79. The first kappa shape index (κ1) is 17.4. The van der Waals surface area contributed by atoms with Crippen LogP contribution in [-0.2, 0) is 0 Å². The fraction of sp³-hybridized carbons (Fsp3) is 0.647. The predicted octanol–water partition coefficient (Wildman–Crippen LogP) is 4.52. The first-order chi connectivity index (χ1) is 9.69. The zero-order valence-electron chi connectivity index (χ0n) is 13.3. The van der Waals surface area contributed by atoms with Crippen LogP contribution >= 0.6 is 11.8 Å². The third-order valence-corrected chi connectivity index (χ3v) is 4.44. The first-order valence-corrected chi connectivity index (χ1v) is 8.87. The molecule has 1 N–H and O–H groups in total. The summed E-state index contributed by atoms with van der Waals surface area (Å²) in [6.45, 7) is 10.6. The van der Waals surface area contributed by atoms with E-state index in [0.717, 1.165) is 37.0 Å². The number of hydrogen-bond donors (Lipinski definition) is 1. The molecule has 1 aromatic rings. The van der Waals surface area contributed by atoms with Gasteiger partial charge in [0.25, 0.3) is 0 Å². The second-order valence-electron chi connectivity index (χ2n) is 5.41. The Hall–Kier alpha value is -0.670.